The van der Waals surface area contributed by atoms with E-state index in [1.807, 2.05) is 48.0 Å². The average molecular weight is 427 g/mol. The minimum atomic E-state index is -0.172. The summed E-state index contributed by atoms with van der Waals surface area (Å²) in [7, 11) is 0. The van der Waals surface area contributed by atoms with Crippen LogP contribution in [0.3, 0.4) is 0 Å². The fourth-order valence-corrected chi connectivity index (χ4v) is 4.28. The van der Waals surface area contributed by atoms with Crippen molar-refractivity contribution in [1.29, 1.82) is 0 Å². The normalized spacial score (nSPS) is 14.0. The lowest BCUT2D eigenvalue weighted by Gasteiger charge is -2.29. The van der Waals surface area contributed by atoms with E-state index in [9.17, 15) is 4.79 Å². The van der Waals surface area contributed by atoms with Crippen molar-refractivity contribution in [2.75, 3.05) is 23.3 Å². The largest absolute Gasteiger partial charge is 0.356 e. The van der Waals surface area contributed by atoms with Crippen LogP contribution >= 0.6 is 0 Å². The van der Waals surface area contributed by atoms with Crippen molar-refractivity contribution in [2.24, 2.45) is 0 Å². The fourth-order valence-electron chi connectivity index (χ4n) is 4.28. The monoisotopic (exact) mass is 426 g/mol. The number of nitrogens with zero attached hydrogens (tertiary/aromatic N) is 5. The van der Waals surface area contributed by atoms with Gasteiger partial charge in [-0.2, -0.15) is 5.10 Å². The third-order valence-electron chi connectivity index (χ3n) is 5.89. The standard InChI is InChI=1S/C25H26N6O/c1-18-22-15-20(16-27-24(22)31(29-18)17-19-9-4-2-5-10-19)28-25(32)21-11-8-12-26-23(21)30-13-6-3-7-14-30/h2,4-5,8-12,15-16H,3,6-7,13-14,17H2,1H3,(H,28,32). The van der Waals surface area contributed by atoms with Gasteiger partial charge in [-0.25, -0.2) is 14.6 Å². The Hall–Kier alpha value is -3.74. The molecule has 0 spiro atoms. The van der Waals surface area contributed by atoms with Crippen molar-refractivity contribution in [2.45, 2.75) is 32.7 Å². The van der Waals surface area contributed by atoms with Crippen LogP contribution in [0.25, 0.3) is 11.0 Å². The first-order valence-electron chi connectivity index (χ1n) is 11.1. The van der Waals surface area contributed by atoms with Gasteiger partial charge in [0, 0.05) is 24.7 Å². The third kappa shape index (κ3) is 4.06. The van der Waals surface area contributed by atoms with Gasteiger partial charge >= 0.3 is 0 Å². The van der Waals surface area contributed by atoms with Gasteiger partial charge in [-0.05, 0) is 49.9 Å². The summed E-state index contributed by atoms with van der Waals surface area (Å²) < 4.78 is 1.90. The second kappa shape index (κ2) is 8.78. The summed E-state index contributed by atoms with van der Waals surface area (Å²) >= 11 is 0. The smallest absolute Gasteiger partial charge is 0.259 e. The maximum atomic E-state index is 13.1. The molecule has 1 amide bonds. The van der Waals surface area contributed by atoms with E-state index in [1.165, 1.54) is 6.42 Å². The number of aromatic nitrogens is 4. The number of aryl methyl sites for hydroxylation is 1. The molecule has 1 N–H and O–H groups in total. The number of fused-ring (bicyclic) bond motifs is 1. The van der Waals surface area contributed by atoms with E-state index in [-0.39, 0.29) is 5.91 Å². The molecule has 4 heterocycles. The number of carbonyl (C=O) groups is 1. The summed E-state index contributed by atoms with van der Waals surface area (Å²) in [5.74, 6) is 0.583. The predicted molar refractivity (Wildman–Crippen MR) is 126 cm³/mol. The molecule has 0 aliphatic carbocycles. The van der Waals surface area contributed by atoms with Crippen LogP contribution in [0, 0.1) is 6.92 Å². The van der Waals surface area contributed by atoms with Crippen LogP contribution in [0.15, 0.2) is 60.9 Å². The Bertz CT molecular complexity index is 1240. The first kappa shape index (κ1) is 20.2. The number of hydrogen-bond donors (Lipinski definition) is 1. The topological polar surface area (TPSA) is 75.9 Å². The molecule has 7 heteroatoms. The Balaban J connectivity index is 1.39. The van der Waals surface area contributed by atoms with Crippen LogP contribution in [0.2, 0.25) is 0 Å². The van der Waals surface area contributed by atoms with Gasteiger partial charge in [-0.15, -0.1) is 0 Å². The highest BCUT2D eigenvalue weighted by Gasteiger charge is 2.20. The first-order valence-corrected chi connectivity index (χ1v) is 11.1. The molecule has 0 bridgehead atoms. The van der Waals surface area contributed by atoms with Crippen molar-refractivity contribution < 1.29 is 4.79 Å². The molecule has 1 fully saturated rings. The summed E-state index contributed by atoms with van der Waals surface area (Å²) in [4.78, 5) is 24.4. The summed E-state index contributed by atoms with van der Waals surface area (Å²) in [5, 5.41) is 8.61. The number of anilines is 2. The van der Waals surface area contributed by atoms with Crippen molar-refractivity contribution in [1.82, 2.24) is 19.7 Å². The van der Waals surface area contributed by atoms with E-state index in [4.69, 9.17) is 0 Å². The number of amides is 1. The molecular formula is C25H26N6O. The van der Waals surface area contributed by atoms with E-state index in [0.717, 1.165) is 54.0 Å². The molecule has 1 aromatic carbocycles. The highest BCUT2D eigenvalue weighted by Crippen LogP contribution is 2.24. The Labute approximate surface area is 187 Å². The Kier molecular flexibility index (Phi) is 5.54. The van der Waals surface area contributed by atoms with Gasteiger partial charge in [-0.1, -0.05) is 30.3 Å². The maximum Gasteiger partial charge on any atom is 0.259 e. The summed E-state index contributed by atoms with van der Waals surface area (Å²) in [6, 6.07) is 15.8. The lowest BCUT2D eigenvalue weighted by Crippen LogP contribution is -2.32. The molecular weight excluding hydrogens is 400 g/mol. The van der Waals surface area contributed by atoms with Gasteiger partial charge < -0.3 is 10.2 Å². The fraction of sp³-hybridized carbons (Fsp3) is 0.280. The zero-order valence-corrected chi connectivity index (χ0v) is 18.2. The second-order valence-corrected chi connectivity index (χ2v) is 8.20. The molecule has 0 radical (unpaired) electrons. The number of piperidine rings is 1. The molecule has 0 unspecified atom stereocenters. The quantitative estimate of drug-likeness (QED) is 0.511. The molecule has 0 atom stereocenters. The predicted octanol–water partition coefficient (Wildman–Crippen LogP) is 4.43. The highest BCUT2D eigenvalue weighted by molar-refractivity contribution is 6.08. The lowest BCUT2D eigenvalue weighted by atomic mass is 10.1. The Morgan fingerprint density at radius 3 is 2.66 bits per heavy atom. The minimum Gasteiger partial charge on any atom is -0.356 e. The zero-order chi connectivity index (χ0) is 21.9. The van der Waals surface area contributed by atoms with Gasteiger partial charge in [0.2, 0.25) is 0 Å². The molecule has 1 aliphatic heterocycles. The van der Waals surface area contributed by atoms with Gasteiger partial charge in [-0.3, -0.25) is 4.79 Å². The second-order valence-electron chi connectivity index (χ2n) is 8.20. The van der Waals surface area contributed by atoms with Crippen molar-refractivity contribution in [3.8, 4) is 0 Å². The van der Waals surface area contributed by atoms with Crippen LogP contribution in [-0.2, 0) is 6.54 Å². The molecule has 7 nitrogen and oxygen atoms in total. The van der Waals surface area contributed by atoms with Crippen molar-refractivity contribution in [3.63, 3.8) is 0 Å². The van der Waals surface area contributed by atoms with E-state index >= 15 is 0 Å². The third-order valence-corrected chi connectivity index (χ3v) is 5.89. The van der Waals surface area contributed by atoms with E-state index in [2.05, 4.69) is 37.4 Å². The minimum absolute atomic E-state index is 0.172. The van der Waals surface area contributed by atoms with Crippen LogP contribution in [0.4, 0.5) is 11.5 Å². The van der Waals surface area contributed by atoms with E-state index in [1.54, 1.807) is 12.4 Å². The van der Waals surface area contributed by atoms with Gasteiger partial charge in [0.15, 0.2) is 5.65 Å². The van der Waals surface area contributed by atoms with Crippen LogP contribution < -0.4 is 10.2 Å². The van der Waals surface area contributed by atoms with Gasteiger partial charge in [0.1, 0.15) is 5.82 Å². The van der Waals surface area contributed by atoms with Crippen molar-refractivity contribution in [3.05, 3.63) is 77.7 Å². The molecule has 4 aromatic rings. The number of benzene rings is 1. The lowest BCUT2D eigenvalue weighted by molar-refractivity contribution is 0.102. The van der Waals surface area contributed by atoms with Crippen LogP contribution in [0.1, 0.15) is 40.9 Å². The average Bonchev–Trinajstić information content (AvgIpc) is 3.14. The maximum absolute atomic E-state index is 13.1. The van der Waals surface area contributed by atoms with Crippen LogP contribution in [-0.4, -0.2) is 38.7 Å². The molecule has 3 aromatic heterocycles. The van der Waals surface area contributed by atoms with Crippen LogP contribution in [0.5, 0.6) is 0 Å². The summed E-state index contributed by atoms with van der Waals surface area (Å²) in [5.41, 5.74) is 4.09. The Morgan fingerprint density at radius 1 is 1.03 bits per heavy atom. The number of carbonyl (C=O) groups excluding carboxylic acids is 1. The first-order chi connectivity index (χ1) is 15.7. The molecule has 162 valence electrons. The Morgan fingerprint density at radius 2 is 1.84 bits per heavy atom. The van der Waals surface area contributed by atoms with Crippen molar-refractivity contribution >= 4 is 28.4 Å². The SMILES string of the molecule is Cc1nn(Cc2ccccc2)c2ncc(NC(=O)c3cccnc3N3CCCCC3)cc12. The molecule has 1 aliphatic rings. The highest BCUT2D eigenvalue weighted by atomic mass is 16.1. The summed E-state index contributed by atoms with van der Waals surface area (Å²) in [6.45, 7) is 4.49. The number of nitrogens with one attached hydrogen (secondary N) is 1. The number of rotatable bonds is 5. The molecule has 1 saturated heterocycles. The van der Waals surface area contributed by atoms with Gasteiger partial charge in [0.25, 0.3) is 5.91 Å². The molecule has 5 rings (SSSR count). The molecule has 32 heavy (non-hydrogen) atoms. The van der Waals surface area contributed by atoms with E-state index in [0.29, 0.717) is 17.8 Å². The van der Waals surface area contributed by atoms with E-state index < -0.39 is 0 Å². The number of pyridine rings is 2. The number of hydrogen-bond acceptors (Lipinski definition) is 5. The molecule has 0 saturated carbocycles. The summed E-state index contributed by atoms with van der Waals surface area (Å²) in [6.07, 6.45) is 6.93. The zero-order valence-electron chi connectivity index (χ0n) is 18.2. The van der Waals surface area contributed by atoms with Gasteiger partial charge in [0.05, 0.1) is 29.7 Å².